The summed E-state index contributed by atoms with van der Waals surface area (Å²) in [5, 5.41) is 0. The van der Waals surface area contributed by atoms with E-state index in [2.05, 4.69) is 5.92 Å². The number of rotatable bonds is 0. The summed E-state index contributed by atoms with van der Waals surface area (Å²) in [7, 11) is 0. The predicted octanol–water partition coefficient (Wildman–Crippen LogP) is 2.12. The van der Waals surface area contributed by atoms with Gasteiger partial charge in [-0.05, 0) is 24.6 Å². The molecular weight excluding hydrogens is 127 g/mol. The first-order valence-corrected chi connectivity index (χ1v) is 2.97. The first-order chi connectivity index (χ1) is 4.74. The van der Waals surface area contributed by atoms with E-state index in [4.69, 9.17) is 6.42 Å². The largest absolute Gasteiger partial charge is 0.207 e. The minimum Gasteiger partial charge on any atom is -0.207 e. The van der Waals surface area contributed by atoms with Crippen LogP contribution in [0.4, 0.5) is 4.39 Å². The molecule has 0 aliphatic carbocycles. The van der Waals surface area contributed by atoms with E-state index < -0.39 is 0 Å². The minimum atomic E-state index is -0.240. The lowest BCUT2D eigenvalue weighted by Crippen LogP contribution is -1.82. The van der Waals surface area contributed by atoms with Gasteiger partial charge >= 0.3 is 0 Å². The third kappa shape index (κ3) is 1.16. The second-order valence-electron chi connectivity index (χ2n) is 2.11. The number of terminal acetylenes is 1. The van der Waals surface area contributed by atoms with Crippen LogP contribution >= 0.6 is 0 Å². The van der Waals surface area contributed by atoms with Crippen molar-refractivity contribution in [2.45, 2.75) is 6.92 Å². The highest BCUT2D eigenvalue weighted by molar-refractivity contribution is 5.34. The molecule has 0 radical (unpaired) electrons. The van der Waals surface area contributed by atoms with Gasteiger partial charge in [0, 0.05) is 5.56 Å². The smallest absolute Gasteiger partial charge is 0.127 e. The first-order valence-electron chi connectivity index (χ1n) is 2.97. The molecule has 1 rings (SSSR count). The molecule has 0 N–H and O–H groups in total. The van der Waals surface area contributed by atoms with Crippen molar-refractivity contribution in [1.82, 2.24) is 0 Å². The van der Waals surface area contributed by atoms with E-state index in [1.54, 1.807) is 19.1 Å². The van der Waals surface area contributed by atoms with Gasteiger partial charge in [0.15, 0.2) is 0 Å². The normalized spacial score (nSPS) is 8.90. The zero-order valence-electron chi connectivity index (χ0n) is 5.69. The van der Waals surface area contributed by atoms with Gasteiger partial charge in [-0.25, -0.2) is 4.39 Å². The summed E-state index contributed by atoms with van der Waals surface area (Å²) in [6.45, 7) is 1.70. The van der Waals surface area contributed by atoms with Gasteiger partial charge in [-0.15, -0.1) is 6.42 Å². The molecule has 0 bridgehead atoms. The standard InChI is InChI=1S/C9H7F/c1-3-8-5-4-7(2)9(10)6-8/h1,4-6H,2H3. The molecule has 1 aromatic rings. The van der Waals surface area contributed by atoms with Crippen molar-refractivity contribution in [1.29, 1.82) is 0 Å². The van der Waals surface area contributed by atoms with Crippen molar-refractivity contribution >= 4 is 0 Å². The van der Waals surface area contributed by atoms with E-state index in [1.807, 2.05) is 0 Å². The second kappa shape index (κ2) is 2.53. The molecular formula is C9H7F. The Balaban J connectivity index is 3.20. The quantitative estimate of drug-likeness (QED) is 0.477. The van der Waals surface area contributed by atoms with Crippen LogP contribution in [-0.4, -0.2) is 0 Å². The third-order valence-corrected chi connectivity index (χ3v) is 1.34. The maximum Gasteiger partial charge on any atom is 0.127 e. The van der Waals surface area contributed by atoms with Gasteiger partial charge in [0.2, 0.25) is 0 Å². The Morgan fingerprint density at radius 2 is 2.20 bits per heavy atom. The van der Waals surface area contributed by atoms with Crippen molar-refractivity contribution < 1.29 is 4.39 Å². The van der Waals surface area contributed by atoms with Gasteiger partial charge in [-0.2, -0.15) is 0 Å². The van der Waals surface area contributed by atoms with Crippen LogP contribution in [0.2, 0.25) is 0 Å². The van der Waals surface area contributed by atoms with Crippen LogP contribution in [0.3, 0.4) is 0 Å². The van der Waals surface area contributed by atoms with Gasteiger partial charge in [0.25, 0.3) is 0 Å². The number of hydrogen-bond donors (Lipinski definition) is 0. The number of hydrogen-bond acceptors (Lipinski definition) is 0. The fourth-order valence-electron chi connectivity index (χ4n) is 0.683. The highest BCUT2D eigenvalue weighted by Crippen LogP contribution is 2.07. The molecule has 0 fully saturated rings. The summed E-state index contributed by atoms with van der Waals surface area (Å²) < 4.78 is 12.7. The SMILES string of the molecule is C#Cc1ccc(C)c(F)c1. The van der Waals surface area contributed by atoms with Crippen LogP contribution in [0, 0.1) is 25.1 Å². The minimum absolute atomic E-state index is 0.240. The molecule has 0 amide bonds. The lowest BCUT2D eigenvalue weighted by atomic mass is 10.1. The second-order valence-corrected chi connectivity index (χ2v) is 2.11. The highest BCUT2D eigenvalue weighted by Gasteiger charge is 1.95. The molecule has 0 heterocycles. The molecule has 1 aromatic carbocycles. The molecule has 0 spiro atoms. The molecule has 0 saturated heterocycles. The molecule has 0 aliphatic heterocycles. The molecule has 0 atom stereocenters. The average molecular weight is 134 g/mol. The molecule has 0 saturated carbocycles. The van der Waals surface area contributed by atoms with Gasteiger partial charge in [0.05, 0.1) is 0 Å². The first kappa shape index (κ1) is 6.82. The Bertz CT molecular complexity index is 281. The Hall–Kier alpha value is -1.29. The average Bonchev–Trinajstić information content (AvgIpc) is 1.95. The van der Waals surface area contributed by atoms with Crippen molar-refractivity contribution in [3.05, 3.63) is 35.1 Å². The van der Waals surface area contributed by atoms with Crippen LogP contribution in [0.15, 0.2) is 18.2 Å². The van der Waals surface area contributed by atoms with Gasteiger partial charge < -0.3 is 0 Å². The maximum absolute atomic E-state index is 12.7. The van der Waals surface area contributed by atoms with Crippen LogP contribution < -0.4 is 0 Å². The Morgan fingerprint density at radius 1 is 1.50 bits per heavy atom. The number of aryl methyl sites for hydroxylation is 1. The molecule has 10 heavy (non-hydrogen) atoms. The van der Waals surface area contributed by atoms with Crippen LogP contribution in [-0.2, 0) is 0 Å². The van der Waals surface area contributed by atoms with Crippen LogP contribution in [0.5, 0.6) is 0 Å². The summed E-state index contributed by atoms with van der Waals surface area (Å²) in [6.07, 6.45) is 5.05. The van der Waals surface area contributed by atoms with Crippen molar-refractivity contribution in [2.75, 3.05) is 0 Å². The summed E-state index contributed by atoms with van der Waals surface area (Å²) in [5.41, 5.74) is 1.21. The zero-order valence-corrected chi connectivity index (χ0v) is 5.69. The van der Waals surface area contributed by atoms with Crippen LogP contribution in [0.25, 0.3) is 0 Å². The highest BCUT2D eigenvalue weighted by atomic mass is 19.1. The molecule has 1 heteroatoms. The topological polar surface area (TPSA) is 0 Å². The third-order valence-electron chi connectivity index (χ3n) is 1.34. The summed E-state index contributed by atoms with van der Waals surface area (Å²) >= 11 is 0. The van der Waals surface area contributed by atoms with Crippen molar-refractivity contribution in [3.63, 3.8) is 0 Å². The molecule has 0 unspecified atom stereocenters. The molecule has 50 valence electrons. The fraction of sp³-hybridized carbons (Fsp3) is 0.111. The van der Waals surface area contributed by atoms with E-state index in [-0.39, 0.29) is 5.82 Å². The van der Waals surface area contributed by atoms with Gasteiger partial charge in [-0.1, -0.05) is 12.0 Å². The maximum atomic E-state index is 12.7. The molecule has 0 aliphatic rings. The predicted molar refractivity (Wildman–Crippen MR) is 39.1 cm³/mol. The summed E-state index contributed by atoms with van der Waals surface area (Å²) in [6, 6.07) is 4.75. The van der Waals surface area contributed by atoms with E-state index in [0.29, 0.717) is 11.1 Å². The molecule has 0 nitrogen and oxygen atoms in total. The van der Waals surface area contributed by atoms with Gasteiger partial charge in [-0.3, -0.25) is 0 Å². The summed E-state index contributed by atoms with van der Waals surface area (Å²) in [4.78, 5) is 0. The monoisotopic (exact) mass is 134 g/mol. The fourth-order valence-corrected chi connectivity index (χ4v) is 0.683. The van der Waals surface area contributed by atoms with Gasteiger partial charge in [0.1, 0.15) is 5.82 Å². The summed E-state index contributed by atoms with van der Waals surface area (Å²) in [5.74, 6) is 2.11. The number of benzene rings is 1. The lowest BCUT2D eigenvalue weighted by Gasteiger charge is -1.94. The Morgan fingerprint density at radius 3 is 2.70 bits per heavy atom. The zero-order chi connectivity index (χ0) is 7.56. The molecule has 0 aromatic heterocycles. The van der Waals surface area contributed by atoms with E-state index in [9.17, 15) is 4.39 Å². The Kier molecular flexibility index (Phi) is 1.73. The Labute approximate surface area is 59.7 Å². The number of halogens is 1. The lowest BCUT2D eigenvalue weighted by molar-refractivity contribution is 0.618. The van der Waals surface area contributed by atoms with E-state index in [1.165, 1.54) is 6.07 Å². The van der Waals surface area contributed by atoms with Crippen LogP contribution in [0.1, 0.15) is 11.1 Å². The van der Waals surface area contributed by atoms with E-state index in [0.717, 1.165) is 0 Å². The van der Waals surface area contributed by atoms with E-state index >= 15 is 0 Å². The van der Waals surface area contributed by atoms with Crippen molar-refractivity contribution in [3.8, 4) is 12.3 Å². The van der Waals surface area contributed by atoms with Crippen molar-refractivity contribution in [2.24, 2.45) is 0 Å².